The Labute approximate surface area is 105 Å². The fourth-order valence-corrected chi connectivity index (χ4v) is 1.56. The molecule has 0 saturated carbocycles. The summed E-state index contributed by atoms with van der Waals surface area (Å²) in [6, 6.07) is 2.06. The molecular weight excluding hydrogens is 303 g/mol. The zero-order valence-electron chi connectivity index (χ0n) is 8.36. The first-order valence-corrected chi connectivity index (χ1v) is 5.71. The van der Waals surface area contributed by atoms with Crippen LogP contribution in [-0.2, 0) is 0 Å². The summed E-state index contributed by atoms with van der Waals surface area (Å²) in [6.07, 6.45) is 0. The standard InChI is InChI=1S/C10H9BrClF2NO/c1-5(12)4-15-10(16)9-7(13)2-6(11)3-8(9)14/h2-3,5H,4H2,1H3,(H,15,16). The maximum atomic E-state index is 13.3. The van der Waals surface area contributed by atoms with Crippen molar-refractivity contribution < 1.29 is 13.6 Å². The second-order valence-electron chi connectivity index (χ2n) is 3.24. The Morgan fingerprint density at radius 3 is 2.44 bits per heavy atom. The van der Waals surface area contributed by atoms with Gasteiger partial charge in [0.15, 0.2) is 0 Å². The highest BCUT2D eigenvalue weighted by molar-refractivity contribution is 9.10. The summed E-state index contributed by atoms with van der Waals surface area (Å²) < 4.78 is 26.9. The number of rotatable bonds is 3. The first kappa shape index (κ1) is 13.4. The van der Waals surface area contributed by atoms with Crippen LogP contribution in [0.5, 0.6) is 0 Å². The molecule has 6 heteroatoms. The number of benzene rings is 1. The van der Waals surface area contributed by atoms with Gasteiger partial charge in [-0.25, -0.2) is 8.78 Å². The van der Waals surface area contributed by atoms with Crippen molar-refractivity contribution in [3.8, 4) is 0 Å². The molecule has 88 valence electrons. The molecule has 16 heavy (non-hydrogen) atoms. The monoisotopic (exact) mass is 311 g/mol. The maximum Gasteiger partial charge on any atom is 0.257 e. The Morgan fingerprint density at radius 2 is 2.00 bits per heavy atom. The Hall–Kier alpha value is -0.680. The summed E-state index contributed by atoms with van der Waals surface area (Å²) in [7, 11) is 0. The van der Waals surface area contributed by atoms with Crippen molar-refractivity contribution in [3.63, 3.8) is 0 Å². The summed E-state index contributed by atoms with van der Waals surface area (Å²) in [5, 5.41) is 2.03. The fraction of sp³-hybridized carbons (Fsp3) is 0.300. The Morgan fingerprint density at radius 1 is 1.50 bits per heavy atom. The highest BCUT2D eigenvalue weighted by Crippen LogP contribution is 2.19. The molecule has 1 amide bonds. The first-order valence-electron chi connectivity index (χ1n) is 4.48. The van der Waals surface area contributed by atoms with E-state index in [4.69, 9.17) is 11.6 Å². The van der Waals surface area contributed by atoms with Crippen LogP contribution in [0.15, 0.2) is 16.6 Å². The molecule has 0 aliphatic carbocycles. The van der Waals surface area contributed by atoms with Gasteiger partial charge in [0, 0.05) is 16.4 Å². The minimum Gasteiger partial charge on any atom is -0.350 e. The summed E-state index contributed by atoms with van der Waals surface area (Å²) >= 11 is 8.53. The quantitative estimate of drug-likeness (QED) is 0.854. The molecule has 1 atom stereocenters. The summed E-state index contributed by atoms with van der Waals surface area (Å²) in [4.78, 5) is 11.4. The average molecular weight is 313 g/mol. The van der Waals surface area contributed by atoms with Gasteiger partial charge in [-0.2, -0.15) is 0 Å². The zero-order valence-corrected chi connectivity index (χ0v) is 10.7. The lowest BCUT2D eigenvalue weighted by Crippen LogP contribution is -2.30. The van der Waals surface area contributed by atoms with E-state index in [2.05, 4.69) is 21.2 Å². The number of halogens is 4. The molecule has 1 unspecified atom stereocenters. The fourth-order valence-electron chi connectivity index (χ4n) is 1.08. The van der Waals surface area contributed by atoms with Gasteiger partial charge in [-0.15, -0.1) is 11.6 Å². The number of amides is 1. The van der Waals surface area contributed by atoms with E-state index in [1.165, 1.54) is 0 Å². The summed E-state index contributed by atoms with van der Waals surface area (Å²) in [5.41, 5.74) is -0.597. The number of nitrogens with one attached hydrogen (secondary N) is 1. The second kappa shape index (κ2) is 5.59. The van der Waals surface area contributed by atoms with Gasteiger partial charge in [0.25, 0.3) is 5.91 Å². The smallest absolute Gasteiger partial charge is 0.257 e. The third kappa shape index (κ3) is 3.42. The van der Waals surface area contributed by atoms with Gasteiger partial charge in [-0.3, -0.25) is 4.79 Å². The van der Waals surface area contributed by atoms with Crippen LogP contribution in [0.3, 0.4) is 0 Å². The third-order valence-corrected chi connectivity index (χ3v) is 2.39. The SMILES string of the molecule is CC(Cl)CNC(=O)c1c(F)cc(Br)cc1F. The molecular formula is C10H9BrClF2NO. The normalized spacial score (nSPS) is 12.3. The third-order valence-electron chi connectivity index (χ3n) is 1.78. The van der Waals surface area contributed by atoms with Crippen LogP contribution < -0.4 is 5.32 Å². The minimum atomic E-state index is -0.911. The van der Waals surface area contributed by atoms with Crippen LogP contribution in [0.4, 0.5) is 8.78 Å². The molecule has 0 saturated heterocycles. The highest BCUT2D eigenvalue weighted by Gasteiger charge is 2.18. The zero-order chi connectivity index (χ0) is 12.3. The van der Waals surface area contributed by atoms with Gasteiger partial charge >= 0.3 is 0 Å². The lowest BCUT2D eigenvalue weighted by molar-refractivity contribution is 0.0945. The van der Waals surface area contributed by atoms with Gasteiger partial charge < -0.3 is 5.32 Å². The average Bonchev–Trinajstić information content (AvgIpc) is 2.12. The van der Waals surface area contributed by atoms with Crippen molar-refractivity contribution in [1.29, 1.82) is 0 Å². The van der Waals surface area contributed by atoms with Crippen LogP contribution in [-0.4, -0.2) is 17.8 Å². The molecule has 2 nitrogen and oxygen atoms in total. The number of hydrogen-bond donors (Lipinski definition) is 1. The molecule has 0 fully saturated rings. The van der Waals surface area contributed by atoms with E-state index in [1.807, 2.05) is 0 Å². The number of alkyl halides is 1. The Balaban J connectivity index is 2.91. The molecule has 1 aromatic carbocycles. The van der Waals surface area contributed by atoms with Crippen molar-refractivity contribution in [3.05, 3.63) is 33.8 Å². The molecule has 1 N–H and O–H groups in total. The maximum absolute atomic E-state index is 13.3. The van der Waals surface area contributed by atoms with Crippen LogP contribution in [0, 0.1) is 11.6 Å². The predicted octanol–water partition coefficient (Wildman–Crippen LogP) is 3.08. The minimum absolute atomic E-state index is 0.148. The van der Waals surface area contributed by atoms with E-state index in [0.29, 0.717) is 0 Å². The second-order valence-corrected chi connectivity index (χ2v) is 4.90. The molecule has 0 spiro atoms. The molecule has 0 aromatic heterocycles. The van der Waals surface area contributed by atoms with Gasteiger partial charge in [0.05, 0.1) is 0 Å². The van der Waals surface area contributed by atoms with E-state index < -0.39 is 23.1 Å². The molecule has 0 radical (unpaired) electrons. The van der Waals surface area contributed by atoms with Gasteiger partial charge in [-0.1, -0.05) is 15.9 Å². The van der Waals surface area contributed by atoms with Gasteiger partial charge in [-0.05, 0) is 19.1 Å². The Kier molecular flexibility index (Phi) is 4.68. The predicted molar refractivity (Wildman–Crippen MR) is 61.7 cm³/mol. The van der Waals surface area contributed by atoms with Crippen molar-refractivity contribution in [2.24, 2.45) is 0 Å². The molecule has 0 bridgehead atoms. The van der Waals surface area contributed by atoms with E-state index in [0.717, 1.165) is 12.1 Å². The van der Waals surface area contributed by atoms with E-state index in [-0.39, 0.29) is 16.4 Å². The van der Waals surface area contributed by atoms with Crippen molar-refractivity contribution in [2.75, 3.05) is 6.54 Å². The van der Waals surface area contributed by atoms with Gasteiger partial charge in [0.2, 0.25) is 0 Å². The van der Waals surface area contributed by atoms with Crippen LogP contribution >= 0.6 is 27.5 Å². The molecule has 0 aliphatic heterocycles. The number of carbonyl (C=O) groups excluding carboxylic acids is 1. The summed E-state index contributed by atoms with van der Waals surface area (Å²) in [5.74, 6) is -2.63. The molecule has 1 aromatic rings. The van der Waals surface area contributed by atoms with Crippen molar-refractivity contribution >= 4 is 33.4 Å². The van der Waals surface area contributed by atoms with E-state index >= 15 is 0 Å². The highest BCUT2D eigenvalue weighted by atomic mass is 79.9. The van der Waals surface area contributed by atoms with E-state index in [9.17, 15) is 13.6 Å². The summed E-state index contributed by atoms with van der Waals surface area (Å²) in [6.45, 7) is 1.81. The first-order chi connectivity index (χ1) is 7.41. The topological polar surface area (TPSA) is 29.1 Å². The lowest BCUT2D eigenvalue weighted by atomic mass is 10.2. The molecule has 0 aliphatic rings. The molecule has 1 rings (SSSR count). The van der Waals surface area contributed by atoms with E-state index in [1.54, 1.807) is 6.92 Å². The Bertz CT molecular complexity index is 389. The van der Waals surface area contributed by atoms with Gasteiger partial charge in [0.1, 0.15) is 17.2 Å². The van der Waals surface area contributed by atoms with Crippen LogP contribution in [0.1, 0.15) is 17.3 Å². The largest absolute Gasteiger partial charge is 0.350 e. The van der Waals surface area contributed by atoms with Crippen LogP contribution in [0.2, 0.25) is 0 Å². The molecule has 0 heterocycles. The number of hydrogen-bond acceptors (Lipinski definition) is 1. The van der Waals surface area contributed by atoms with Crippen molar-refractivity contribution in [2.45, 2.75) is 12.3 Å². The van der Waals surface area contributed by atoms with Crippen molar-refractivity contribution in [1.82, 2.24) is 5.32 Å². The number of carbonyl (C=O) groups is 1. The van der Waals surface area contributed by atoms with Crippen LogP contribution in [0.25, 0.3) is 0 Å². The lowest BCUT2D eigenvalue weighted by Gasteiger charge is -2.08.